The Balaban J connectivity index is 1.41. The number of carbonyl (C=O) groups excluding carboxylic acids is 3. The van der Waals surface area contributed by atoms with Gasteiger partial charge in [0.05, 0.1) is 25.8 Å². The van der Waals surface area contributed by atoms with Gasteiger partial charge in [0, 0.05) is 17.5 Å². The van der Waals surface area contributed by atoms with Crippen LogP contribution in [0, 0.1) is 23.7 Å². The van der Waals surface area contributed by atoms with Crippen LogP contribution in [-0.2, 0) is 14.3 Å². The van der Waals surface area contributed by atoms with E-state index in [4.69, 9.17) is 14.2 Å². The van der Waals surface area contributed by atoms with Crippen molar-refractivity contribution in [2.75, 3.05) is 26.1 Å². The maximum absolute atomic E-state index is 13.1. The molecule has 0 aliphatic heterocycles. The zero-order chi connectivity index (χ0) is 22.7. The van der Waals surface area contributed by atoms with Crippen LogP contribution in [0.1, 0.15) is 29.6 Å². The molecule has 0 radical (unpaired) electrons. The van der Waals surface area contributed by atoms with Crippen LogP contribution in [0.3, 0.4) is 0 Å². The molecule has 2 saturated carbocycles. The lowest BCUT2D eigenvalue weighted by Crippen LogP contribution is -2.37. The molecule has 2 aromatic carbocycles. The minimum absolute atomic E-state index is 0.00896. The minimum atomic E-state index is -0.499. The predicted molar refractivity (Wildman–Crippen MR) is 118 cm³/mol. The monoisotopic (exact) mass is 437 g/mol. The standard InChI is InChI=1S/C25H27NO6/c1-30-18-10-11-20(31-2)19(13-18)26-21(27)14-32-25(29)23-17-9-8-16(12-17)22(23)24(28)15-6-4-3-5-7-15/h3-7,10-11,13,16-17,22-23H,8-9,12,14H2,1-2H3,(H,26,27)/t16-,17-,22+,23-/m0/s1. The van der Waals surface area contributed by atoms with E-state index in [9.17, 15) is 14.4 Å². The van der Waals surface area contributed by atoms with Crippen molar-refractivity contribution >= 4 is 23.3 Å². The van der Waals surface area contributed by atoms with Gasteiger partial charge in [0.1, 0.15) is 11.5 Å². The van der Waals surface area contributed by atoms with Gasteiger partial charge in [-0.05, 0) is 43.2 Å². The topological polar surface area (TPSA) is 90.9 Å². The molecule has 4 atom stereocenters. The van der Waals surface area contributed by atoms with Crippen LogP contribution in [0.2, 0.25) is 0 Å². The summed E-state index contributed by atoms with van der Waals surface area (Å²) in [5.74, 6) is -0.504. The fraction of sp³-hybridized carbons (Fsp3) is 0.400. The van der Waals surface area contributed by atoms with E-state index in [1.165, 1.54) is 14.2 Å². The van der Waals surface area contributed by atoms with E-state index >= 15 is 0 Å². The number of ketones is 1. The number of amides is 1. The zero-order valence-electron chi connectivity index (χ0n) is 18.2. The van der Waals surface area contributed by atoms with Crippen molar-refractivity contribution in [3.05, 3.63) is 54.1 Å². The number of Topliss-reactive ketones (excluding diaryl/α,β-unsaturated/α-hetero) is 1. The number of anilines is 1. The van der Waals surface area contributed by atoms with Gasteiger partial charge in [-0.3, -0.25) is 14.4 Å². The van der Waals surface area contributed by atoms with Gasteiger partial charge in [-0.25, -0.2) is 0 Å². The third-order valence-electron chi connectivity index (χ3n) is 6.58. The molecule has 0 spiro atoms. The van der Waals surface area contributed by atoms with Gasteiger partial charge in [-0.2, -0.15) is 0 Å². The molecule has 0 saturated heterocycles. The maximum atomic E-state index is 13.1. The molecular formula is C25H27NO6. The Hall–Kier alpha value is -3.35. The predicted octanol–water partition coefficient (Wildman–Crippen LogP) is 3.73. The number of nitrogens with one attached hydrogen (secondary N) is 1. The molecule has 0 aromatic heterocycles. The smallest absolute Gasteiger partial charge is 0.310 e. The summed E-state index contributed by atoms with van der Waals surface area (Å²) in [6, 6.07) is 14.1. The van der Waals surface area contributed by atoms with Crippen molar-refractivity contribution in [2.24, 2.45) is 23.7 Å². The highest BCUT2D eigenvalue weighted by molar-refractivity contribution is 6.01. The van der Waals surface area contributed by atoms with E-state index in [1.54, 1.807) is 30.3 Å². The average molecular weight is 437 g/mol. The molecule has 2 bridgehead atoms. The Labute approximate surface area is 187 Å². The van der Waals surface area contributed by atoms with Gasteiger partial charge in [0.25, 0.3) is 5.91 Å². The average Bonchev–Trinajstić information content (AvgIpc) is 3.44. The number of hydrogen-bond donors (Lipinski definition) is 1. The summed E-state index contributed by atoms with van der Waals surface area (Å²) in [6.07, 6.45) is 2.72. The van der Waals surface area contributed by atoms with Crippen molar-refractivity contribution in [1.82, 2.24) is 0 Å². The van der Waals surface area contributed by atoms with Crippen LogP contribution < -0.4 is 14.8 Å². The minimum Gasteiger partial charge on any atom is -0.497 e. The number of esters is 1. The third-order valence-corrected chi connectivity index (χ3v) is 6.58. The quantitative estimate of drug-likeness (QED) is 0.500. The number of methoxy groups -OCH3 is 2. The first-order chi connectivity index (χ1) is 15.5. The first-order valence-corrected chi connectivity index (χ1v) is 10.8. The Morgan fingerprint density at radius 1 is 0.938 bits per heavy atom. The molecule has 168 valence electrons. The summed E-state index contributed by atoms with van der Waals surface area (Å²) in [6.45, 7) is -0.431. The molecule has 0 unspecified atom stereocenters. The van der Waals surface area contributed by atoms with Crippen molar-refractivity contribution in [3.8, 4) is 11.5 Å². The summed E-state index contributed by atoms with van der Waals surface area (Å²) < 4.78 is 15.8. The van der Waals surface area contributed by atoms with Crippen molar-refractivity contribution in [1.29, 1.82) is 0 Å². The summed E-state index contributed by atoms with van der Waals surface area (Å²) >= 11 is 0. The molecule has 4 rings (SSSR count). The van der Waals surface area contributed by atoms with Crippen LogP contribution >= 0.6 is 0 Å². The summed E-state index contributed by atoms with van der Waals surface area (Å²) in [4.78, 5) is 38.6. The molecule has 32 heavy (non-hydrogen) atoms. The third kappa shape index (κ3) is 4.33. The van der Waals surface area contributed by atoms with Gasteiger partial charge in [-0.15, -0.1) is 0 Å². The first-order valence-electron chi connectivity index (χ1n) is 10.8. The van der Waals surface area contributed by atoms with Gasteiger partial charge >= 0.3 is 5.97 Å². The molecule has 2 aliphatic carbocycles. The van der Waals surface area contributed by atoms with Gasteiger partial charge in [-0.1, -0.05) is 30.3 Å². The van der Waals surface area contributed by atoms with Crippen molar-refractivity contribution < 1.29 is 28.6 Å². The number of rotatable bonds is 8. The molecule has 2 fully saturated rings. The molecule has 1 N–H and O–H groups in total. The molecule has 0 heterocycles. The van der Waals surface area contributed by atoms with Crippen molar-refractivity contribution in [3.63, 3.8) is 0 Å². The SMILES string of the molecule is COc1ccc(OC)c(NC(=O)COC(=O)[C@H]2[C@H]3CC[C@@H](C3)[C@H]2C(=O)c2ccccc2)c1. The number of hydrogen-bond acceptors (Lipinski definition) is 6. The molecule has 7 heteroatoms. The molecular weight excluding hydrogens is 410 g/mol. The van der Waals surface area contributed by atoms with Crippen LogP contribution in [0.5, 0.6) is 11.5 Å². The van der Waals surface area contributed by atoms with E-state index in [-0.39, 0.29) is 23.5 Å². The first kappa shape index (κ1) is 21.9. The fourth-order valence-electron chi connectivity index (χ4n) is 5.13. The second-order valence-electron chi connectivity index (χ2n) is 8.34. The Bertz CT molecular complexity index is 1000. The lowest BCUT2D eigenvalue weighted by molar-refractivity contribution is -0.154. The van der Waals surface area contributed by atoms with E-state index < -0.39 is 24.4 Å². The second kappa shape index (κ2) is 9.42. The molecule has 7 nitrogen and oxygen atoms in total. The Morgan fingerprint density at radius 3 is 2.34 bits per heavy atom. The zero-order valence-corrected chi connectivity index (χ0v) is 18.2. The second-order valence-corrected chi connectivity index (χ2v) is 8.34. The number of benzene rings is 2. The largest absolute Gasteiger partial charge is 0.497 e. The normalized spacial score (nSPS) is 23.4. The lowest BCUT2D eigenvalue weighted by Gasteiger charge is -2.28. The van der Waals surface area contributed by atoms with E-state index in [0.717, 1.165) is 19.3 Å². The molecule has 2 aliphatic rings. The van der Waals surface area contributed by atoms with Crippen LogP contribution in [-0.4, -0.2) is 38.5 Å². The summed E-state index contributed by atoms with van der Waals surface area (Å²) in [7, 11) is 3.02. The maximum Gasteiger partial charge on any atom is 0.310 e. The lowest BCUT2D eigenvalue weighted by atomic mass is 9.75. The van der Waals surface area contributed by atoms with E-state index in [1.807, 2.05) is 18.2 Å². The Morgan fingerprint density at radius 2 is 1.66 bits per heavy atom. The molecule has 1 amide bonds. The van der Waals surface area contributed by atoms with E-state index in [0.29, 0.717) is 22.7 Å². The number of ether oxygens (including phenoxy) is 3. The van der Waals surface area contributed by atoms with Gasteiger partial charge in [0.15, 0.2) is 12.4 Å². The number of carbonyl (C=O) groups is 3. The van der Waals surface area contributed by atoms with Gasteiger partial charge in [0.2, 0.25) is 0 Å². The van der Waals surface area contributed by atoms with Gasteiger partial charge < -0.3 is 19.5 Å². The van der Waals surface area contributed by atoms with Crippen LogP contribution in [0.15, 0.2) is 48.5 Å². The fourth-order valence-corrected chi connectivity index (χ4v) is 5.13. The Kier molecular flexibility index (Phi) is 6.44. The van der Waals surface area contributed by atoms with Crippen molar-refractivity contribution in [2.45, 2.75) is 19.3 Å². The van der Waals surface area contributed by atoms with Crippen LogP contribution in [0.4, 0.5) is 5.69 Å². The van der Waals surface area contributed by atoms with Crippen LogP contribution in [0.25, 0.3) is 0 Å². The highest BCUT2D eigenvalue weighted by Crippen LogP contribution is 2.53. The highest BCUT2D eigenvalue weighted by Gasteiger charge is 2.54. The summed E-state index contributed by atoms with van der Waals surface area (Å²) in [5, 5.41) is 2.69. The highest BCUT2D eigenvalue weighted by atomic mass is 16.5. The van der Waals surface area contributed by atoms with E-state index in [2.05, 4.69) is 5.32 Å². The summed E-state index contributed by atoms with van der Waals surface area (Å²) in [5.41, 5.74) is 1.04. The number of fused-ring (bicyclic) bond motifs is 2. The molecule has 2 aromatic rings.